The average Bonchev–Trinajstić information content (AvgIpc) is 2.71. The van der Waals surface area contributed by atoms with Gasteiger partial charge in [-0.1, -0.05) is 13.8 Å². The van der Waals surface area contributed by atoms with Crippen LogP contribution in [0.2, 0.25) is 0 Å². The largest absolute Gasteiger partial charge is 0.480 e. The van der Waals surface area contributed by atoms with Gasteiger partial charge in [0.1, 0.15) is 0 Å². The molecule has 33 heavy (non-hydrogen) atoms. The third-order valence-electron chi connectivity index (χ3n) is 4.42. The predicted molar refractivity (Wildman–Crippen MR) is 119 cm³/mol. The Hall–Kier alpha value is -2.77. The first kappa shape index (κ1) is 30.2. The van der Waals surface area contributed by atoms with Crippen LogP contribution in [0.5, 0.6) is 0 Å². The third-order valence-corrected chi connectivity index (χ3v) is 4.42. The van der Waals surface area contributed by atoms with Gasteiger partial charge in [-0.2, -0.15) is 0 Å². The molecular weight excluding hydrogens is 438 g/mol. The van der Waals surface area contributed by atoms with Gasteiger partial charge in [0.2, 0.25) is 11.8 Å². The second-order valence-corrected chi connectivity index (χ2v) is 7.58. The summed E-state index contributed by atoms with van der Waals surface area (Å²) >= 11 is 0. The molecule has 2 amide bonds. The maximum absolute atomic E-state index is 12.0. The van der Waals surface area contributed by atoms with E-state index in [1.54, 1.807) is 0 Å². The van der Waals surface area contributed by atoms with Crippen LogP contribution in [-0.2, 0) is 24.0 Å². The van der Waals surface area contributed by atoms with Crippen LogP contribution in [-0.4, -0.2) is 132 Å². The van der Waals surface area contributed by atoms with Crippen LogP contribution in [0, 0.1) is 0 Å². The van der Waals surface area contributed by atoms with Crippen LogP contribution in [0.3, 0.4) is 0 Å². The first-order valence-electron chi connectivity index (χ1n) is 10.9. The molecule has 0 aliphatic heterocycles. The quantitative estimate of drug-likeness (QED) is 0.134. The molecule has 0 aromatic heterocycles. The SMILES string of the molecule is CCCNC(=O)CN(CCN(CCN(CC(=O)O)CC(=O)NCCC)CC(=O)O)CC(=O)O. The Morgan fingerprint density at radius 3 is 1.15 bits per heavy atom. The van der Waals surface area contributed by atoms with Gasteiger partial charge in [0, 0.05) is 39.3 Å². The maximum atomic E-state index is 12.0. The molecule has 0 saturated heterocycles. The number of hydrogen-bond acceptors (Lipinski definition) is 8. The zero-order chi connectivity index (χ0) is 25.2. The summed E-state index contributed by atoms with van der Waals surface area (Å²) in [5.41, 5.74) is 0. The molecule has 5 N–H and O–H groups in total. The first-order valence-corrected chi connectivity index (χ1v) is 10.9. The van der Waals surface area contributed by atoms with Gasteiger partial charge in [-0.15, -0.1) is 0 Å². The Balaban J connectivity index is 5.02. The smallest absolute Gasteiger partial charge is 0.317 e. The van der Waals surface area contributed by atoms with E-state index in [0.29, 0.717) is 13.1 Å². The number of carbonyl (C=O) groups is 5. The molecule has 0 aliphatic carbocycles. The van der Waals surface area contributed by atoms with E-state index in [4.69, 9.17) is 10.2 Å². The fraction of sp³-hybridized carbons (Fsp3) is 0.750. The van der Waals surface area contributed by atoms with Crippen molar-refractivity contribution in [2.75, 3.05) is 72.0 Å². The van der Waals surface area contributed by atoms with Crippen LogP contribution in [0.15, 0.2) is 0 Å². The minimum absolute atomic E-state index is 0.120. The monoisotopic (exact) mass is 475 g/mol. The summed E-state index contributed by atoms with van der Waals surface area (Å²) in [5, 5.41) is 32.8. The zero-order valence-corrected chi connectivity index (χ0v) is 19.4. The number of carboxylic acid groups (broad SMARTS) is 3. The van der Waals surface area contributed by atoms with Crippen LogP contribution in [0.1, 0.15) is 26.7 Å². The van der Waals surface area contributed by atoms with Crippen LogP contribution < -0.4 is 10.6 Å². The van der Waals surface area contributed by atoms with Crippen molar-refractivity contribution >= 4 is 29.7 Å². The molecule has 13 nitrogen and oxygen atoms in total. The Labute approximate surface area is 193 Å². The fourth-order valence-electron chi connectivity index (χ4n) is 2.88. The number of amides is 2. The molecule has 0 fully saturated rings. The number of aliphatic carboxylic acids is 3. The highest BCUT2D eigenvalue weighted by Crippen LogP contribution is 1.97. The number of nitrogens with one attached hydrogen (secondary N) is 2. The van der Waals surface area contributed by atoms with Gasteiger partial charge >= 0.3 is 17.9 Å². The number of carbonyl (C=O) groups excluding carboxylic acids is 2. The highest BCUT2D eigenvalue weighted by atomic mass is 16.4. The summed E-state index contributed by atoms with van der Waals surface area (Å²) in [6, 6.07) is 0. The summed E-state index contributed by atoms with van der Waals surface area (Å²) < 4.78 is 0. The van der Waals surface area contributed by atoms with Crippen LogP contribution >= 0.6 is 0 Å². The van der Waals surface area contributed by atoms with Crippen molar-refractivity contribution < 1.29 is 39.3 Å². The Bertz CT molecular complexity index is 600. The molecule has 0 aliphatic rings. The van der Waals surface area contributed by atoms with Crippen molar-refractivity contribution in [1.82, 2.24) is 25.3 Å². The van der Waals surface area contributed by atoms with Crippen molar-refractivity contribution in [2.45, 2.75) is 26.7 Å². The number of carboxylic acids is 3. The first-order chi connectivity index (χ1) is 15.6. The highest BCUT2D eigenvalue weighted by Gasteiger charge is 2.19. The molecular formula is C20H37N5O8. The zero-order valence-electron chi connectivity index (χ0n) is 19.4. The van der Waals surface area contributed by atoms with Crippen molar-refractivity contribution in [1.29, 1.82) is 0 Å². The van der Waals surface area contributed by atoms with Gasteiger partial charge in [0.15, 0.2) is 0 Å². The fourth-order valence-corrected chi connectivity index (χ4v) is 2.88. The van der Waals surface area contributed by atoms with E-state index in [2.05, 4.69) is 10.6 Å². The Kier molecular flexibility index (Phi) is 16.3. The summed E-state index contributed by atoms with van der Waals surface area (Å²) in [7, 11) is 0. The van der Waals surface area contributed by atoms with Gasteiger partial charge in [0.05, 0.1) is 32.7 Å². The van der Waals surface area contributed by atoms with Gasteiger partial charge in [-0.3, -0.25) is 38.7 Å². The number of rotatable bonds is 20. The molecule has 0 saturated carbocycles. The van der Waals surface area contributed by atoms with E-state index >= 15 is 0 Å². The number of nitrogens with zero attached hydrogens (tertiary/aromatic N) is 3. The van der Waals surface area contributed by atoms with Crippen molar-refractivity contribution in [3.63, 3.8) is 0 Å². The van der Waals surface area contributed by atoms with E-state index < -0.39 is 17.9 Å². The van der Waals surface area contributed by atoms with E-state index in [-0.39, 0.29) is 70.7 Å². The minimum Gasteiger partial charge on any atom is -0.480 e. The second kappa shape index (κ2) is 17.7. The molecule has 0 bridgehead atoms. The van der Waals surface area contributed by atoms with Gasteiger partial charge in [-0.25, -0.2) is 0 Å². The summed E-state index contributed by atoms with van der Waals surface area (Å²) in [4.78, 5) is 61.8. The summed E-state index contributed by atoms with van der Waals surface area (Å²) in [6.07, 6.45) is 1.47. The lowest BCUT2D eigenvalue weighted by molar-refractivity contribution is -0.141. The predicted octanol–water partition coefficient (Wildman–Crippen LogP) is -1.80. The normalized spacial score (nSPS) is 11.1. The molecule has 13 heteroatoms. The average molecular weight is 476 g/mol. The van der Waals surface area contributed by atoms with E-state index in [9.17, 15) is 29.1 Å². The van der Waals surface area contributed by atoms with Crippen LogP contribution in [0.4, 0.5) is 0 Å². The molecule has 0 spiro atoms. The van der Waals surface area contributed by atoms with Crippen molar-refractivity contribution in [3.05, 3.63) is 0 Å². The molecule has 0 aromatic carbocycles. The third kappa shape index (κ3) is 17.5. The highest BCUT2D eigenvalue weighted by molar-refractivity contribution is 5.79. The molecule has 0 atom stereocenters. The lowest BCUT2D eigenvalue weighted by atomic mass is 10.3. The standard InChI is InChI=1S/C20H37N5O8/c1-3-5-21-16(26)11-24(14-19(30)31)9-7-23(13-18(28)29)8-10-25(15-20(32)33)12-17(27)22-6-4-2/h3-15H2,1-2H3,(H,21,26)(H,22,27)(H,28,29)(H,30,31)(H,32,33). The Morgan fingerprint density at radius 1 is 0.545 bits per heavy atom. The molecule has 0 unspecified atom stereocenters. The maximum Gasteiger partial charge on any atom is 0.317 e. The Morgan fingerprint density at radius 2 is 0.848 bits per heavy atom. The van der Waals surface area contributed by atoms with Crippen LogP contribution in [0.25, 0.3) is 0 Å². The van der Waals surface area contributed by atoms with Gasteiger partial charge in [-0.05, 0) is 12.8 Å². The molecule has 0 aromatic rings. The molecule has 0 radical (unpaired) electrons. The molecule has 0 heterocycles. The second-order valence-electron chi connectivity index (χ2n) is 7.58. The summed E-state index contributed by atoms with van der Waals surface area (Å²) in [5.74, 6) is -3.99. The van der Waals surface area contributed by atoms with Gasteiger partial charge in [0.25, 0.3) is 0 Å². The van der Waals surface area contributed by atoms with Gasteiger partial charge < -0.3 is 26.0 Å². The molecule has 190 valence electrons. The lowest BCUT2D eigenvalue weighted by Gasteiger charge is -2.28. The molecule has 0 rings (SSSR count). The van der Waals surface area contributed by atoms with E-state index in [1.165, 1.54) is 14.7 Å². The lowest BCUT2D eigenvalue weighted by Crippen LogP contribution is -2.47. The summed E-state index contributed by atoms with van der Waals surface area (Å²) in [6.45, 7) is 3.83. The van der Waals surface area contributed by atoms with E-state index in [1.807, 2.05) is 13.8 Å². The minimum atomic E-state index is -1.12. The topological polar surface area (TPSA) is 180 Å². The van der Waals surface area contributed by atoms with Crippen molar-refractivity contribution in [2.24, 2.45) is 0 Å². The van der Waals surface area contributed by atoms with Crippen molar-refractivity contribution in [3.8, 4) is 0 Å². The van der Waals surface area contributed by atoms with E-state index in [0.717, 1.165) is 12.8 Å². The number of hydrogen-bond donors (Lipinski definition) is 5.